The highest BCUT2D eigenvalue weighted by Gasteiger charge is 2.26. The van der Waals surface area contributed by atoms with Crippen molar-refractivity contribution in [3.05, 3.63) is 90.2 Å². The summed E-state index contributed by atoms with van der Waals surface area (Å²) in [5.74, 6) is 6.64. The van der Waals surface area contributed by atoms with Gasteiger partial charge in [-0.05, 0) is 42.0 Å². The number of halogens is 1. The number of nitrogen functional groups attached to an aromatic ring is 1. The molecule has 0 fully saturated rings. The first-order valence-electron chi connectivity index (χ1n) is 9.68. The highest BCUT2D eigenvalue weighted by Crippen LogP contribution is 2.37. The Hall–Kier alpha value is -3.85. The van der Waals surface area contributed by atoms with Crippen molar-refractivity contribution in [3.8, 4) is 17.1 Å². The van der Waals surface area contributed by atoms with Gasteiger partial charge in [0.25, 0.3) is 0 Å². The molecule has 0 radical (unpaired) electrons. The lowest BCUT2D eigenvalue weighted by atomic mass is 10.1. The molecule has 162 valence electrons. The second-order valence-corrected chi connectivity index (χ2v) is 7.85. The third-order valence-corrected chi connectivity index (χ3v) is 5.90. The van der Waals surface area contributed by atoms with Gasteiger partial charge >= 0.3 is 0 Å². The van der Waals surface area contributed by atoms with Gasteiger partial charge in [0.15, 0.2) is 5.82 Å². The molecule has 3 aromatic carbocycles. The molecule has 0 spiro atoms. The lowest BCUT2D eigenvalue weighted by Gasteiger charge is -2.16. The van der Waals surface area contributed by atoms with E-state index in [1.54, 1.807) is 13.2 Å². The lowest BCUT2D eigenvalue weighted by Crippen LogP contribution is -2.20. The van der Waals surface area contributed by atoms with Crippen molar-refractivity contribution >= 4 is 23.4 Å². The summed E-state index contributed by atoms with van der Waals surface area (Å²) in [7, 11) is 1.57. The maximum atomic E-state index is 13.2. The van der Waals surface area contributed by atoms with Crippen molar-refractivity contribution in [1.29, 1.82) is 0 Å². The Morgan fingerprint density at radius 1 is 1.03 bits per heavy atom. The van der Waals surface area contributed by atoms with Gasteiger partial charge in [-0.3, -0.25) is 4.79 Å². The van der Waals surface area contributed by atoms with E-state index in [9.17, 15) is 9.18 Å². The molecule has 0 aliphatic heterocycles. The van der Waals surface area contributed by atoms with Crippen molar-refractivity contribution in [2.75, 3.05) is 18.3 Å². The number of methoxy groups -OCH3 is 1. The van der Waals surface area contributed by atoms with E-state index in [0.717, 1.165) is 5.56 Å². The predicted octanol–water partition coefficient (Wildman–Crippen LogP) is 4.28. The van der Waals surface area contributed by atoms with Gasteiger partial charge in [0, 0.05) is 5.69 Å². The Balaban J connectivity index is 1.64. The number of rotatable bonds is 7. The molecule has 7 nitrogen and oxygen atoms in total. The molecule has 0 saturated heterocycles. The van der Waals surface area contributed by atoms with Crippen molar-refractivity contribution in [3.63, 3.8) is 0 Å². The van der Waals surface area contributed by atoms with Gasteiger partial charge in [-0.25, -0.2) is 9.07 Å². The average molecular weight is 450 g/mol. The molecule has 1 amide bonds. The number of carbonyl (C=O) groups excluding carboxylic acids is 1. The molecular formula is C23H20FN5O2S. The highest BCUT2D eigenvalue weighted by atomic mass is 32.2. The summed E-state index contributed by atoms with van der Waals surface area (Å²) in [6.07, 6.45) is 0. The molecular weight excluding hydrogens is 429 g/mol. The minimum absolute atomic E-state index is 0.297. The quantitative estimate of drug-likeness (QED) is 0.323. The van der Waals surface area contributed by atoms with Crippen LogP contribution in [0.3, 0.4) is 0 Å². The van der Waals surface area contributed by atoms with Crippen molar-refractivity contribution in [2.45, 2.75) is 10.4 Å². The normalized spacial score (nSPS) is 11.7. The van der Waals surface area contributed by atoms with Gasteiger partial charge in [-0.1, -0.05) is 54.2 Å². The molecule has 4 aromatic rings. The number of benzene rings is 3. The summed E-state index contributed by atoms with van der Waals surface area (Å²) < 4.78 is 19.9. The van der Waals surface area contributed by atoms with Gasteiger partial charge in [0.05, 0.1) is 12.7 Å². The molecule has 3 N–H and O–H groups in total. The summed E-state index contributed by atoms with van der Waals surface area (Å²) in [6.45, 7) is 0. The third kappa shape index (κ3) is 4.57. The number of hydrogen-bond acceptors (Lipinski definition) is 6. The Labute approximate surface area is 188 Å². The lowest BCUT2D eigenvalue weighted by molar-refractivity contribution is -0.115. The fourth-order valence-electron chi connectivity index (χ4n) is 3.12. The Kier molecular flexibility index (Phi) is 6.37. The molecule has 1 aromatic heterocycles. The van der Waals surface area contributed by atoms with Crippen LogP contribution in [0.15, 0.2) is 84.0 Å². The molecule has 32 heavy (non-hydrogen) atoms. The predicted molar refractivity (Wildman–Crippen MR) is 122 cm³/mol. The van der Waals surface area contributed by atoms with Crippen LogP contribution < -0.4 is 15.9 Å². The molecule has 0 aliphatic rings. The highest BCUT2D eigenvalue weighted by molar-refractivity contribution is 8.00. The topological polar surface area (TPSA) is 95.1 Å². The van der Waals surface area contributed by atoms with Crippen LogP contribution in [0, 0.1) is 5.82 Å². The van der Waals surface area contributed by atoms with E-state index in [1.165, 1.54) is 40.7 Å². The van der Waals surface area contributed by atoms with Crippen LogP contribution in [0.5, 0.6) is 5.75 Å². The third-order valence-electron chi connectivity index (χ3n) is 4.69. The average Bonchev–Trinajstić information content (AvgIpc) is 3.19. The van der Waals surface area contributed by atoms with Crippen LogP contribution in [0.1, 0.15) is 10.8 Å². The molecule has 0 aliphatic carbocycles. The summed E-state index contributed by atoms with van der Waals surface area (Å²) in [5, 5.41) is 10.9. The molecule has 1 atom stereocenters. The van der Waals surface area contributed by atoms with Crippen LogP contribution in [-0.4, -0.2) is 27.9 Å². The van der Waals surface area contributed by atoms with E-state index in [2.05, 4.69) is 15.5 Å². The van der Waals surface area contributed by atoms with Crippen molar-refractivity contribution in [2.24, 2.45) is 0 Å². The number of thioether (sulfide) groups is 1. The zero-order valence-electron chi connectivity index (χ0n) is 17.1. The fraction of sp³-hybridized carbons (Fsp3) is 0.0870. The number of ether oxygens (including phenoxy) is 1. The number of nitrogens with one attached hydrogen (secondary N) is 1. The zero-order chi connectivity index (χ0) is 22.5. The van der Waals surface area contributed by atoms with Crippen molar-refractivity contribution in [1.82, 2.24) is 14.9 Å². The number of aromatic nitrogens is 3. The summed E-state index contributed by atoms with van der Waals surface area (Å²) in [5.41, 5.74) is 1.93. The van der Waals surface area contributed by atoms with E-state index in [1.807, 2.05) is 48.5 Å². The number of nitrogens with zero attached hydrogens (tertiary/aromatic N) is 3. The first-order chi connectivity index (χ1) is 15.6. The maximum Gasteiger partial charge on any atom is 0.242 e. The van der Waals surface area contributed by atoms with Crippen LogP contribution in [0.2, 0.25) is 0 Å². The van der Waals surface area contributed by atoms with Gasteiger partial charge in [-0.2, -0.15) is 0 Å². The summed E-state index contributed by atoms with van der Waals surface area (Å²) >= 11 is 1.17. The largest absolute Gasteiger partial charge is 0.496 e. The van der Waals surface area contributed by atoms with Crippen LogP contribution in [0.25, 0.3) is 11.4 Å². The first kappa shape index (κ1) is 21.4. The van der Waals surface area contributed by atoms with Crippen LogP contribution in [0.4, 0.5) is 10.1 Å². The Morgan fingerprint density at radius 3 is 2.44 bits per heavy atom. The molecule has 0 bridgehead atoms. The number of anilines is 1. The molecule has 4 rings (SSSR count). The molecule has 0 saturated carbocycles. The summed E-state index contributed by atoms with van der Waals surface area (Å²) in [6, 6.07) is 22.2. The molecule has 0 unspecified atom stereocenters. The second kappa shape index (κ2) is 9.52. The monoisotopic (exact) mass is 449 g/mol. The fourth-order valence-corrected chi connectivity index (χ4v) is 4.08. The second-order valence-electron chi connectivity index (χ2n) is 6.78. The number of hydrogen-bond donors (Lipinski definition) is 2. The number of para-hydroxylation sites is 1. The minimum Gasteiger partial charge on any atom is -0.496 e. The van der Waals surface area contributed by atoms with Gasteiger partial charge in [0.2, 0.25) is 11.1 Å². The Bertz CT molecular complexity index is 1210. The first-order valence-corrected chi connectivity index (χ1v) is 10.6. The zero-order valence-corrected chi connectivity index (χ0v) is 17.9. The molecule has 1 heterocycles. The van der Waals surface area contributed by atoms with Gasteiger partial charge < -0.3 is 15.9 Å². The van der Waals surface area contributed by atoms with Crippen molar-refractivity contribution < 1.29 is 13.9 Å². The number of nitrogens with two attached hydrogens (primary N) is 1. The maximum absolute atomic E-state index is 13.2. The standard InChI is InChI=1S/C23H20FN5O2S/c1-31-19-10-6-5-9-18(19)21-27-28-23(29(21)25)32-20(15-7-3-2-4-8-15)22(30)26-17-13-11-16(24)12-14-17/h2-14,20H,25H2,1H3,(H,26,30)/t20-/m0/s1. The van der Waals surface area contributed by atoms with E-state index < -0.39 is 5.25 Å². The number of amides is 1. The van der Waals surface area contributed by atoms with Crippen LogP contribution in [-0.2, 0) is 4.79 Å². The van der Waals surface area contributed by atoms with E-state index >= 15 is 0 Å². The smallest absolute Gasteiger partial charge is 0.242 e. The minimum atomic E-state index is -0.668. The Morgan fingerprint density at radius 2 is 1.72 bits per heavy atom. The SMILES string of the molecule is COc1ccccc1-c1nnc(S[C@H](C(=O)Nc2ccc(F)cc2)c2ccccc2)n1N. The summed E-state index contributed by atoms with van der Waals surface area (Å²) in [4.78, 5) is 13.1. The van der Waals surface area contributed by atoms with Gasteiger partial charge in [0.1, 0.15) is 16.8 Å². The van der Waals surface area contributed by atoms with Crippen LogP contribution >= 0.6 is 11.8 Å². The van der Waals surface area contributed by atoms with E-state index in [0.29, 0.717) is 28.0 Å². The van der Waals surface area contributed by atoms with Gasteiger partial charge in [-0.15, -0.1) is 10.2 Å². The van der Waals surface area contributed by atoms with E-state index in [-0.39, 0.29) is 11.7 Å². The number of carbonyl (C=O) groups is 1. The van der Waals surface area contributed by atoms with E-state index in [4.69, 9.17) is 10.6 Å². The molecule has 9 heteroatoms.